The summed E-state index contributed by atoms with van der Waals surface area (Å²) < 4.78 is 0. The molecule has 104 valence electrons. The number of hydrogen-bond donors (Lipinski definition) is 2. The van der Waals surface area contributed by atoms with Crippen molar-refractivity contribution in [2.75, 3.05) is 20.6 Å². The van der Waals surface area contributed by atoms with Crippen LogP contribution in [0.15, 0.2) is 24.3 Å². The molecule has 4 nitrogen and oxygen atoms in total. The molecule has 4 heteroatoms. The summed E-state index contributed by atoms with van der Waals surface area (Å²) in [7, 11) is 4.29. The Morgan fingerprint density at radius 3 is 2.68 bits per heavy atom. The monoisotopic (exact) mass is 261 g/mol. The first-order valence-corrected chi connectivity index (χ1v) is 6.80. The van der Waals surface area contributed by atoms with Gasteiger partial charge in [-0.1, -0.05) is 12.1 Å². The van der Waals surface area contributed by atoms with Gasteiger partial charge in [0.05, 0.1) is 0 Å². The minimum absolute atomic E-state index is 0.321. The van der Waals surface area contributed by atoms with E-state index in [-0.39, 0.29) is 5.91 Å². The van der Waals surface area contributed by atoms with Crippen molar-refractivity contribution in [3.63, 3.8) is 0 Å². The Morgan fingerprint density at radius 2 is 2.16 bits per heavy atom. The number of nitrogens with two attached hydrogens (primary N) is 1. The molecule has 2 rings (SSSR count). The molecule has 1 amide bonds. The zero-order chi connectivity index (χ0) is 13.9. The van der Waals surface area contributed by atoms with E-state index in [1.165, 1.54) is 19.3 Å². The Kier molecular flexibility index (Phi) is 4.22. The molecule has 0 aromatic heterocycles. The zero-order valence-corrected chi connectivity index (χ0v) is 11.8. The van der Waals surface area contributed by atoms with Crippen LogP contribution in [0.3, 0.4) is 0 Å². The molecule has 3 N–H and O–H groups in total. The molecule has 0 heterocycles. The SMILES string of the molecule is CN(C)C1(CNCc2cccc(C(N)=O)c2)CCC1. The third-order valence-corrected chi connectivity index (χ3v) is 4.23. The average Bonchev–Trinajstić information content (AvgIpc) is 2.32. The molecule has 1 aromatic carbocycles. The van der Waals surface area contributed by atoms with Gasteiger partial charge in [-0.3, -0.25) is 4.79 Å². The van der Waals surface area contributed by atoms with Gasteiger partial charge in [0.2, 0.25) is 5.91 Å². The van der Waals surface area contributed by atoms with Crippen LogP contribution in [0.5, 0.6) is 0 Å². The molecule has 19 heavy (non-hydrogen) atoms. The average molecular weight is 261 g/mol. The molecule has 0 atom stereocenters. The summed E-state index contributed by atoms with van der Waals surface area (Å²) in [5.74, 6) is -0.370. The number of rotatable bonds is 6. The third-order valence-electron chi connectivity index (χ3n) is 4.23. The van der Waals surface area contributed by atoms with Crippen LogP contribution in [0.1, 0.15) is 35.2 Å². The molecule has 0 aliphatic heterocycles. The number of hydrogen-bond acceptors (Lipinski definition) is 3. The van der Waals surface area contributed by atoms with Gasteiger partial charge >= 0.3 is 0 Å². The number of primary amides is 1. The minimum atomic E-state index is -0.370. The molecule has 1 aliphatic rings. The van der Waals surface area contributed by atoms with Gasteiger partial charge in [-0.15, -0.1) is 0 Å². The maximum absolute atomic E-state index is 11.1. The van der Waals surface area contributed by atoms with Gasteiger partial charge < -0.3 is 16.0 Å². The molecule has 0 spiro atoms. The number of amides is 1. The van der Waals surface area contributed by atoms with E-state index in [0.29, 0.717) is 11.1 Å². The van der Waals surface area contributed by atoms with Gasteiger partial charge in [0.1, 0.15) is 0 Å². The lowest BCUT2D eigenvalue weighted by Gasteiger charge is -2.47. The van der Waals surface area contributed by atoms with Crippen molar-refractivity contribution in [3.8, 4) is 0 Å². The van der Waals surface area contributed by atoms with Gasteiger partial charge in [-0.05, 0) is 51.1 Å². The summed E-state index contributed by atoms with van der Waals surface area (Å²) in [6.45, 7) is 1.76. The lowest BCUT2D eigenvalue weighted by atomic mass is 9.75. The van der Waals surface area contributed by atoms with Gasteiger partial charge in [0.25, 0.3) is 0 Å². The van der Waals surface area contributed by atoms with E-state index in [2.05, 4.69) is 24.3 Å². The van der Waals surface area contributed by atoms with Crippen molar-refractivity contribution >= 4 is 5.91 Å². The van der Waals surface area contributed by atoms with Crippen LogP contribution in [0.4, 0.5) is 0 Å². The predicted octanol–water partition coefficient (Wildman–Crippen LogP) is 1.36. The number of likely N-dealkylation sites (N-methyl/N-ethyl adjacent to an activating group) is 1. The van der Waals surface area contributed by atoms with Crippen LogP contribution >= 0.6 is 0 Å². The highest BCUT2D eigenvalue weighted by atomic mass is 16.1. The summed E-state index contributed by atoms with van der Waals surface area (Å²) in [5.41, 5.74) is 7.28. The van der Waals surface area contributed by atoms with Gasteiger partial charge in [-0.25, -0.2) is 0 Å². The minimum Gasteiger partial charge on any atom is -0.366 e. The highest BCUT2D eigenvalue weighted by Gasteiger charge is 2.38. The predicted molar refractivity (Wildman–Crippen MR) is 76.9 cm³/mol. The molecule has 0 saturated heterocycles. The molecule has 1 fully saturated rings. The van der Waals surface area contributed by atoms with Crippen LogP contribution in [0.2, 0.25) is 0 Å². The fraction of sp³-hybridized carbons (Fsp3) is 0.533. The quantitative estimate of drug-likeness (QED) is 0.813. The van der Waals surface area contributed by atoms with E-state index in [1.807, 2.05) is 18.2 Å². The first-order valence-electron chi connectivity index (χ1n) is 6.80. The second kappa shape index (κ2) is 5.72. The van der Waals surface area contributed by atoms with Crippen molar-refractivity contribution in [2.24, 2.45) is 5.73 Å². The third kappa shape index (κ3) is 3.14. The van der Waals surface area contributed by atoms with Crippen LogP contribution in [-0.2, 0) is 6.54 Å². The van der Waals surface area contributed by atoms with Crippen LogP contribution in [0, 0.1) is 0 Å². The van der Waals surface area contributed by atoms with Crippen LogP contribution in [-0.4, -0.2) is 37.0 Å². The Labute approximate surface area is 115 Å². The Balaban J connectivity index is 1.89. The topological polar surface area (TPSA) is 58.4 Å². The number of nitrogens with one attached hydrogen (secondary N) is 1. The lowest BCUT2D eigenvalue weighted by molar-refractivity contribution is 0.0598. The van der Waals surface area contributed by atoms with Gasteiger partial charge in [0.15, 0.2) is 0 Å². The van der Waals surface area contributed by atoms with Crippen LogP contribution in [0.25, 0.3) is 0 Å². The number of carbonyl (C=O) groups is 1. The molecule has 1 saturated carbocycles. The molecule has 1 aliphatic carbocycles. The van der Waals surface area contributed by atoms with E-state index >= 15 is 0 Å². The molecule has 0 radical (unpaired) electrons. The largest absolute Gasteiger partial charge is 0.366 e. The number of carbonyl (C=O) groups excluding carboxylic acids is 1. The van der Waals surface area contributed by atoms with Gasteiger partial charge in [0, 0.05) is 24.2 Å². The highest BCUT2D eigenvalue weighted by Crippen LogP contribution is 2.35. The summed E-state index contributed by atoms with van der Waals surface area (Å²) >= 11 is 0. The van der Waals surface area contributed by atoms with Gasteiger partial charge in [-0.2, -0.15) is 0 Å². The lowest BCUT2D eigenvalue weighted by Crippen LogP contribution is -2.56. The molecule has 0 unspecified atom stereocenters. The Hall–Kier alpha value is -1.39. The first kappa shape index (κ1) is 14.0. The van der Waals surface area contributed by atoms with E-state index in [1.54, 1.807) is 6.07 Å². The standard InChI is InChI=1S/C15H23N3O/c1-18(2)15(7-4-8-15)11-17-10-12-5-3-6-13(9-12)14(16)19/h3,5-6,9,17H,4,7-8,10-11H2,1-2H3,(H2,16,19). The van der Waals surface area contributed by atoms with E-state index in [9.17, 15) is 4.79 Å². The molecular weight excluding hydrogens is 238 g/mol. The second-order valence-electron chi connectivity index (χ2n) is 5.64. The number of benzene rings is 1. The van der Waals surface area contributed by atoms with Crippen molar-refractivity contribution in [3.05, 3.63) is 35.4 Å². The summed E-state index contributed by atoms with van der Waals surface area (Å²) in [6.07, 6.45) is 3.83. The summed E-state index contributed by atoms with van der Waals surface area (Å²) in [5, 5.41) is 3.50. The van der Waals surface area contributed by atoms with Crippen molar-refractivity contribution in [1.82, 2.24) is 10.2 Å². The molecule has 0 bridgehead atoms. The molecule has 1 aromatic rings. The fourth-order valence-electron chi connectivity index (χ4n) is 2.64. The Morgan fingerprint density at radius 1 is 1.42 bits per heavy atom. The van der Waals surface area contributed by atoms with E-state index < -0.39 is 0 Å². The van der Waals surface area contributed by atoms with E-state index in [4.69, 9.17) is 5.73 Å². The summed E-state index contributed by atoms with van der Waals surface area (Å²) in [4.78, 5) is 13.4. The first-order chi connectivity index (χ1) is 9.03. The maximum atomic E-state index is 11.1. The Bertz CT molecular complexity index is 452. The normalized spacial score (nSPS) is 17.2. The number of nitrogens with zero attached hydrogens (tertiary/aromatic N) is 1. The molecular formula is C15H23N3O. The highest BCUT2D eigenvalue weighted by molar-refractivity contribution is 5.92. The van der Waals surface area contributed by atoms with Crippen molar-refractivity contribution in [1.29, 1.82) is 0 Å². The summed E-state index contributed by atoms with van der Waals surface area (Å²) in [6, 6.07) is 7.50. The zero-order valence-electron chi connectivity index (χ0n) is 11.8. The fourth-order valence-corrected chi connectivity index (χ4v) is 2.64. The van der Waals surface area contributed by atoms with Crippen molar-refractivity contribution < 1.29 is 4.79 Å². The maximum Gasteiger partial charge on any atom is 0.248 e. The van der Waals surface area contributed by atoms with Crippen molar-refractivity contribution in [2.45, 2.75) is 31.3 Å². The smallest absolute Gasteiger partial charge is 0.248 e. The van der Waals surface area contributed by atoms with Crippen LogP contribution < -0.4 is 11.1 Å². The van der Waals surface area contributed by atoms with E-state index in [0.717, 1.165) is 18.7 Å². The second-order valence-corrected chi connectivity index (χ2v) is 5.64.